The Hall–Kier alpha value is -3.68. The third-order valence-corrected chi connectivity index (χ3v) is 6.29. The topological polar surface area (TPSA) is 116 Å². The van der Waals surface area contributed by atoms with Crippen molar-refractivity contribution in [1.82, 2.24) is 20.1 Å². The van der Waals surface area contributed by atoms with Crippen LogP contribution < -0.4 is 16.4 Å². The molecule has 0 bridgehead atoms. The zero-order valence-corrected chi connectivity index (χ0v) is 22.0. The van der Waals surface area contributed by atoms with Gasteiger partial charge in [-0.2, -0.15) is 0 Å². The number of benzene rings is 1. The Bertz CT molecular complexity index is 1100. The molecule has 0 spiro atoms. The number of rotatable bonds is 9. The van der Waals surface area contributed by atoms with Crippen LogP contribution >= 0.6 is 11.3 Å². The number of aromatic nitrogens is 1. The van der Waals surface area contributed by atoms with Crippen molar-refractivity contribution in [2.45, 2.75) is 26.8 Å². The Labute approximate surface area is 217 Å². The SMILES string of the molecule is C#CC.CN=C/C=C\Cc1csc(NCc2cc(C(=O)NCN3CCN(C(N)=O)CC3)ccc2C)n1. The highest BCUT2D eigenvalue weighted by atomic mass is 32.1. The molecule has 36 heavy (non-hydrogen) atoms. The number of nitrogens with one attached hydrogen (secondary N) is 2. The Morgan fingerprint density at radius 2 is 2.03 bits per heavy atom. The van der Waals surface area contributed by atoms with E-state index >= 15 is 0 Å². The summed E-state index contributed by atoms with van der Waals surface area (Å²) < 4.78 is 0. The summed E-state index contributed by atoms with van der Waals surface area (Å²) in [6.07, 6.45) is 11.0. The molecule has 1 aliphatic heterocycles. The minimum Gasteiger partial charge on any atom is -0.357 e. The van der Waals surface area contributed by atoms with Crippen LogP contribution in [0, 0.1) is 19.3 Å². The Kier molecular flexibility index (Phi) is 12.2. The van der Waals surface area contributed by atoms with Crippen LogP contribution in [0.3, 0.4) is 0 Å². The molecular weight excluding hydrogens is 474 g/mol. The summed E-state index contributed by atoms with van der Waals surface area (Å²) in [7, 11) is 1.74. The molecule has 4 N–H and O–H groups in total. The fourth-order valence-electron chi connectivity index (χ4n) is 3.40. The lowest BCUT2D eigenvalue weighted by atomic mass is 10.0. The van der Waals surface area contributed by atoms with E-state index in [-0.39, 0.29) is 5.91 Å². The van der Waals surface area contributed by atoms with Gasteiger partial charge in [0.05, 0.1) is 12.4 Å². The predicted molar refractivity (Wildman–Crippen MR) is 147 cm³/mol. The van der Waals surface area contributed by atoms with E-state index in [4.69, 9.17) is 5.73 Å². The van der Waals surface area contributed by atoms with Gasteiger partial charge in [0.15, 0.2) is 5.13 Å². The van der Waals surface area contributed by atoms with Crippen LogP contribution in [0.25, 0.3) is 0 Å². The van der Waals surface area contributed by atoms with Gasteiger partial charge in [-0.3, -0.25) is 14.7 Å². The first-order chi connectivity index (χ1) is 17.4. The van der Waals surface area contributed by atoms with Crippen molar-refractivity contribution < 1.29 is 9.59 Å². The van der Waals surface area contributed by atoms with Crippen molar-refractivity contribution in [1.29, 1.82) is 0 Å². The fraction of sp³-hybridized carbons (Fsp3) is 0.385. The normalized spacial score (nSPS) is 13.8. The summed E-state index contributed by atoms with van der Waals surface area (Å²) in [5.41, 5.74) is 9.10. The number of allylic oxidation sites excluding steroid dienone is 2. The number of hydrogen-bond acceptors (Lipinski definition) is 7. The number of hydrogen-bond donors (Lipinski definition) is 3. The Balaban J connectivity index is 0.00000145. The van der Waals surface area contributed by atoms with Crippen LogP contribution in [0.2, 0.25) is 0 Å². The quantitative estimate of drug-likeness (QED) is 0.355. The number of nitrogens with two attached hydrogens (primary N) is 1. The molecule has 1 saturated heterocycles. The second-order valence-corrected chi connectivity index (χ2v) is 8.93. The number of piperazine rings is 1. The third-order valence-electron chi connectivity index (χ3n) is 5.44. The third kappa shape index (κ3) is 9.52. The van der Waals surface area contributed by atoms with Gasteiger partial charge in [-0.05, 0) is 43.2 Å². The molecule has 1 aromatic carbocycles. The van der Waals surface area contributed by atoms with Gasteiger partial charge in [0.2, 0.25) is 0 Å². The second-order valence-electron chi connectivity index (χ2n) is 8.07. The Morgan fingerprint density at radius 3 is 2.69 bits per heavy atom. The predicted octanol–water partition coefficient (Wildman–Crippen LogP) is 2.89. The molecule has 3 amide bonds. The van der Waals surface area contributed by atoms with Gasteiger partial charge in [0, 0.05) is 63.4 Å². The molecule has 3 rings (SSSR count). The molecular formula is C26H35N7O2S. The zero-order valence-electron chi connectivity index (χ0n) is 21.2. The number of nitrogens with zero attached hydrogens (tertiary/aromatic N) is 4. The van der Waals surface area contributed by atoms with Crippen molar-refractivity contribution in [2.75, 3.05) is 45.2 Å². The van der Waals surface area contributed by atoms with Gasteiger partial charge in [0.25, 0.3) is 5.91 Å². The number of thiazole rings is 1. The maximum Gasteiger partial charge on any atom is 0.314 e. The summed E-state index contributed by atoms with van der Waals surface area (Å²) in [5.74, 6) is 2.13. The number of aryl methyl sites for hydroxylation is 1. The average Bonchev–Trinajstić information content (AvgIpc) is 3.33. The van der Waals surface area contributed by atoms with Crippen molar-refractivity contribution in [3.8, 4) is 12.3 Å². The maximum atomic E-state index is 12.7. The number of primary amides is 1. The summed E-state index contributed by atoms with van der Waals surface area (Å²) in [6.45, 7) is 7.24. The van der Waals surface area contributed by atoms with Gasteiger partial charge < -0.3 is 21.3 Å². The minimum atomic E-state index is -0.396. The molecule has 2 heterocycles. The van der Waals surface area contributed by atoms with E-state index in [0.717, 1.165) is 28.4 Å². The zero-order chi connectivity index (χ0) is 26.3. The monoisotopic (exact) mass is 509 g/mol. The molecule has 1 aliphatic rings. The first-order valence-electron chi connectivity index (χ1n) is 11.6. The maximum absolute atomic E-state index is 12.7. The van der Waals surface area contributed by atoms with Crippen LogP contribution in [0.1, 0.15) is 34.1 Å². The molecule has 2 aromatic rings. The van der Waals surface area contributed by atoms with Gasteiger partial charge in [0.1, 0.15) is 0 Å². The first-order valence-corrected chi connectivity index (χ1v) is 12.5. The fourth-order valence-corrected chi connectivity index (χ4v) is 4.13. The lowest BCUT2D eigenvalue weighted by molar-refractivity contribution is 0.0890. The van der Waals surface area contributed by atoms with Gasteiger partial charge in [-0.15, -0.1) is 23.7 Å². The van der Waals surface area contributed by atoms with E-state index in [2.05, 4.69) is 37.9 Å². The molecule has 1 fully saturated rings. The van der Waals surface area contributed by atoms with Crippen molar-refractivity contribution in [2.24, 2.45) is 10.7 Å². The van der Waals surface area contributed by atoms with E-state index < -0.39 is 6.03 Å². The molecule has 10 heteroatoms. The summed E-state index contributed by atoms with van der Waals surface area (Å²) in [5, 5.41) is 9.22. The average molecular weight is 510 g/mol. The van der Waals surface area contributed by atoms with Gasteiger partial charge >= 0.3 is 6.03 Å². The van der Waals surface area contributed by atoms with Crippen LogP contribution in [0.15, 0.2) is 40.7 Å². The van der Waals surface area contributed by atoms with Crippen molar-refractivity contribution in [3.05, 3.63) is 58.1 Å². The number of terminal acetylenes is 1. The molecule has 0 unspecified atom stereocenters. The van der Waals surface area contributed by atoms with E-state index in [9.17, 15) is 9.59 Å². The first kappa shape index (κ1) is 28.6. The molecule has 0 radical (unpaired) electrons. The largest absolute Gasteiger partial charge is 0.357 e. The van der Waals surface area contributed by atoms with Crippen LogP contribution in [0.5, 0.6) is 0 Å². The summed E-state index contributed by atoms with van der Waals surface area (Å²) in [6, 6.07) is 5.33. The lowest BCUT2D eigenvalue weighted by Gasteiger charge is -2.33. The van der Waals surface area contributed by atoms with E-state index in [1.54, 1.807) is 36.4 Å². The molecule has 192 valence electrons. The summed E-state index contributed by atoms with van der Waals surface area (Å²) in [4.78, 5) is 36.1. The van der Waals surface area contributed by atoms with Crippen LogP contribution in [-0.2, 0) is 13.0 Å². The van der Waals surface area contributed by atoms with Gasteiger partial charge in [-0.1, -0.05) is 12.1 Å². The number of urea groups is 1. The molecule has 9 nitrogen and oxygen atoms in total. The Morgan fingerprint density at radius 1 is 1.31 bits per heavy atom. The number of aliphatic imine (C=N–C) groups is 1. The number of carbonyl (C=O) groups is 2. The van der Waals surface area contributed by atoms with E-state index in [1.807, 2.05) is 42.7 Å². The lowest BCUT2D eigenvalue weighted by Crippen LogP contribution is -2.52. The molecule has 0 saturated carbocycles. The van der Waals surface area contributed by atoms with Crippen molar-refractivity contribution in [3.63, 3.8) is 0 Å². The highest BCUT2D eigenvalue weighted by Crippen LogP contribution is 2.19. The van der Waals surface area contributed by atoms with E-state index in [0.29, 0.717) is 45.0 Å². The highest BCUT2D eigenvalue weighted by molar-refractivity contribution is 7.13. The highest BCUT2D eigenvalue weighted by Gasteiger charge is 2.19. The molecule has 0 aliphatic carbocycles. The number of carbonyl (C=O) groups excluding carboxylic acids is 2. The molecule has 0 atom stereocenters. The van der Waals surface area contributed by atoms with Gasteiger partial charge in [-0.25, -0.2) is 9.78 Å². The number of anilines is 1. The summed E-state index contributed by atoms with van der Waals surface area (Å²) >= 11 is 1.57. The number of amides is 3. The van der Waals surface area contributed by atoms with E-state index in [1.165, 1.54) is 0 Å². The second kappa shape index (κ2) is 15.3. The van der Waals surface area contributed by atoms with Crippen molar-refractivity contribution >= 4 is 34.6 Å². The van der Waals surface area contributed by atoms with Crippen LogP contribution in [-0.4, -0.2) is 72.8 Å². The minimum absolute atomic E-state index is 0.118. The molecule has 1 aromatic heterocycles. The smallest absolute Gasteiger partial charge is 0.314 e. The van der Waals surface area contributed by atoms with Crippen LogP contribution in [0.4, 0.5) is 9.93 Å². The standard InChI is InChI=1S/C23H31N7O2S.C3H4/c1-17-6-7-18(21(31)27-16-29-9-11-30(12-10-29)22(24)32)13-19(17)14-26-23-28-20(15-33-23)5-3-4-8-25-2;1-3-2/h3-4,6-8,13,15H,5,9-12,14,16H2,1-2H3,(H2,24,32)(H,26,28)(H,27,31);1H,2H3/b4-3-,25-8?;.